The molecule has 0 aromatic carbocycles. The van der Waals surface area contributed by atoms with E-state index in [4.69, 9.17) is 9.47 Å². The van der Waals surface area contributed by atoms with Gasteiger partial charge in [-0.05, 0) is 53.4 Å². The van der Waals surface area contributed by atoms with Crippen LogP contribution in [0.1, 0.15) is 80.1 Å². The number of thioether (sulfide) groups is 1. The van der Waals surface area contributed by atoms with Crippen molar-refractivity contribution in [3.63, 3.8) is 0 Å². The van der Waals surface area contributed by atoms with Crippen molar-refractivity contribution in [3.8, 4) is 11.8 Å². The zero-order valence-electron chi connectivity index (χ0n) is 24.0. The smallest absolute Gasteiger partial charge is 0.315 e. The predicted octanol–water partition coefficient (Wildman–Crippen LogP) is 2.97. The molecule has 0 saturated carbocycles. The summed E-state index contributed by atoms with van der Waals surface area (Å²) in [7, 11) is 0. The van der Waals surface area contributed by atoms with Crippen LogP contribution in [0.15, 0.2) is 0 Å². The monoisotopic (exact) mass is 552 g/mol. The summed E-state index contributed by atoms with van der Waals surface area (Å²) in [6.45, 7) is 13.3. The zero-order chi connectivity index (χ0) is 28.2. The van der Waals surface area contributed by atoms with Gasteiger partial charge in [0, 0.05) is 29.9 Å². The van der Waals surface area contributed by atoms with Crippen molar-refractivity contribution in [2.45, 2.75) is 109 Å². The number of amides is 4. The number of carbonyl (C=O) groups excluding carboxylic acids is 3. The maximum atomic E-state index is 12.3. The van der Waals surface area contributed by atoms with E-state index < -0.39 is 5.60 Å². The second kappa shape index (κ2) is 15.6. The quantitative estimate of drug-likeness (QED) is 0.133. The summed E-state index contributed by atoms with van der Waals surface area (Å²) in [4.78, 5) is 35.7. The zero-order valence-corrected chi connectivity index (χ0v) is 24.9. The molecule has 3 atom stereocenters. The van der Waals surface area contributed by atoms with Crippen LogP contribution in [-0.4, -0.2) is 78.4 Å². The first-order chi connectivity index (χ1) is 17.9. The van der Waals surface area contributed by atoms with Crippen LogP contribution in [0, 0.1) is 17.8 Å². The van der Waals surface area contributed by atoms with Gasteiger partial charge in [-0.15, -0.1) is 0 Å². The van der Waals surface area contributed by atoms with Crippen LogP contribution < -0.4 is 21.3 Å². The highest BCUT2D eigenvalue weighted by Gasteiger charge is 2.42. The summed E-state index contributed by atoms with van der Waals surface area (Å²) in [6.07, 6.45) is 4.70. The van der Waals surface area contributed by atoms with E-state index in [-0.39, 0.29) is 48.1 Å². The lowest BCUT2D eigenvalue weighted by atomic mass is 10.0. The van der Waals surface area contributed by atoms with E-state index in [2.05, 4.69) is 33.1 Å². The maximum Gasteiger partial charge on any atom is 0.315 e. The highest BCUT2D eigenvalue weighted by molar-refractivity contribution is 8.00. The molecular weight excluding hydrogens is 504 g/mol. The Morgan fingerprint density at radius 2 is 1.79 bits per heavy atom. The first-order valence-corrected chi connectivity index (χ1v) is 14.9. The first-order valence-electron chi connectivity index (χ1n) is 13.9. The Labute approximate surface area is 233 Å². The average Bonchev–Trinajstić information content (AvgIpc) is 3.37. The normalized spacial score (nSPS) is 20.8. The molecule has 0 aromatic heterocycles. The number of ether oxygens (including phenoxy) is 2. The van der Waals surface area contributed by atoms with Crippen LogP contribution in [0.3, 0.4) is 0 Å². The molecule has 2 aliphatic heterocycles. The van der Waals surface area contributed by atoms with Crippen LogP contribution in [0.4, 0.5) is 4.79 Å². The lowest BCUT2D eigenvalue weighted by Crippen LogP contribution is -2.37. The van der Waals surface area contributed by atoms with Gasteiger partial charge in [-0.25, -0.2) is 4.79 Å². The molecule has 2 rings (SSSR count). The van der Waals surface area contributed by atoms with Crippen molar-refractivity contribution in [1.82, 2.24) is 21.3 Å². The second-order valence-electron chi connectivity index (χ2n) is 11.6. The number of unbranched alkanes of at least 4 members (excludes halogenated alkanes) is 1. The Morgan fingerprint density at radius 1 is 1.05 bits per heavy atom. The number of carbonyl (C=O) groups is 3. The first kappa shape index (κ1) is 32.3. The van der Waals surface area contributed by atoms with Crippen LogP contribution in [0.5, 0.6) is 0 Å². The number of hydrogen-bond donors (Lipinski definition) is 4. The van der Waals surface area contributed by atoms with Gasteiger partial charge in [-0.3, -0.25) is 9.59 Å². The minimum atomic E-state index is -0.497. The van der Waals surface area contributed by atoms with E-state index in [0.29, 0.717) is 44.2 Å². The van der Waals surface area contributed by atoms with Crippen molar-refractivity contribution >= 4 is 29.6 Å². The van der Waals surface area contributed by atoms with Gasteiger partial charge >= 0.3 is 6.03 Å². The molecule has 0 radical (unpaired) electrons. The Kier molecular flexibility index (Phi) is 13.2. The lowest BCUT2D eigenvalue weighted by molar-refractivity contribution is -0.133. The molecule has 0 aromatic rings. The fourth-order valence-electron chi connectivity index (χ4n) is 4.29. The molecule has 2 saturated heterocycles. The number of nitrogens with one attached hydrogen (secondary N) is 4. The molecule has 4 N–H and O–H groups in total. The van der Waals surface area contributed by atoms with Crippen LogP contribution in [-0.2, 0) is 19.1 Å². The van der Waals surface area contributed by atoms with E-state index in [1.54, 1.807) is 0 Å². The topological polar surface area (TPSA) is 118 Å². The molecular formula is C28H48N4O5S. The lowest BCUT2D eigenvalue weighted by Gasteiger charge is -2.29. The number of fused-ring (bicyclic) bond motifs is 1. The van der Waals surface area contributed by atoms with Gasteiger partial charge in [0.1, 0.15) is 6.61 Å². The minimum Gasteiger partial charge on any atom is -0.375 e. The van der Waals surface area contributed by atoms with E-state index >= 15 is 0 Å². The summed E-state index contributed by atoms with van der Waals surface area (Å²) < 4.78 is 11.8. The molecule has 0 aliphatic carbocycles. The molecule has 2 aliphatic rings. The minimum absolute atomic E-state index is 0.0137. The molecule has 4 amide bonds. The largest absolute Gasteiger partial charge is 0.375 e. The fraction of sp³-hybridized carbons (Fsp3) is 0.821. The van der Waals surface area contributed by atoms with Gasteiger partial charge in [0.2, 0.25) is 11.8 Å². The van der Waals surface area contributed by atoms with Gasteiger partial charge in [-0.2, -0.15) is 11.8 Å². The van der Waals surface area contributed by atoms with E-state index in [9.17, 15) is 14.4 Å². The van der Waals surface area contributed by atoms with Gasteiger partial charge < -0.3 is 30.7 Å². The van der Waals surface area contributed by atoms with Gasteiger partial charge in [-0.1, -0.05) is 32.1 Å². The highest BCUT2D eigenvalue weighted by atomic mass is 32.2. The van der Waals surface area contributed by atoms with E-state index in [0.717, 1.165) is 25.0 Å². The third-order valence-electron chi connectivity index (χ3n) is 6.69. The number of rotatable bonds is 16. The summed E-state index contributed by atoms with van der Waals surface area (Å²) in [6, 6.07) is 0.411. The number of hydrogen-bond acceptors (Lipinski definition) is 6. The number of urea groups is 1. The molecule has 0 spiro atoms. The van der Waals surface area contributed by atoms with Crippen LogP contribution in [0.25, 0.3) is 0 Å². The summed E-state index contributed by atoms with van der Waals surface area (Å²) >= 11 is 1.91. The van der Waals surface area contributed by atoms with E-state index in [1.807, 2.05) is 53.3 Å². The summed E-state index contributed by atoms with van der Waals surface area (Å²) in [5.41, 5.74) is -0.880. The maximum absolute atomic E-state index is 12.3. The molecule has 0 unspecified atom stereocenters. The summed E-state index contributed by atoms with van der Waals surface area (Å²) in [5.74, 6) is 7.05. The SMILES string of the molecule is CC(C)C#CCNC(=O)COC(C)(C)CCOC(C)(C)CCNC(=O)CCCC[C@@H]1SC[C@@H]2NC(=O)N[C@@H]21. The van der Waals surface area contributed by atoms with Crippen molar-refractivity contribution in [1.29, 1.82) is 0 Å². The van der Waals surface area contributed by atoms with Crippen molar-refractivity contribution < 1.29 is 23.9 Å². The Bertz CT molecular complexity index is 852. The molecule has 10 heteroatoms. The van der Waals surface area contributed by atoms with Gasteiger partial charge in [0.15, 0.2) is 0 Å². The molecule has 2 heterocycles. The van der Waals surface area contributed by atoms with Crippen molar-refractivity contribution in [2.75, 3.05) is 32.1 Å². The van der Waals surface area contributed by atoms with Crippen LogP contribution in [0.2, 0.25) is 0 Å². The van der Waals surface area contributed by atoms with Crippen molar-refractivity contribution in [3.05, 3.63) is 0 Å². The second-order valence-corrected chi connectivity index (χ2v) is 12.9. The predicted molar refractivity (Wildman–Crippen MR) is 152 cm³/mol. The summed E-state index contributed by atoms with van der Waals surface area (Å²) in [5, 5.41) is 12.2. The molecule has 0 bridgehead atoms. The Hall–Kier alpha value is -1.96. The standard InChI is InChI=1S/C28H48N4O5S/c1-20(2)10-9-15-29-24(34)18-37-28(5,6)14-17-36-27(3,4)13-16-30-23(33)12-8-7-11-22-25-21(19-38-22)31-26(35)32-25/h20-22,25H,7-8,11-19H2,1-6H3,(H,29,34)(H,30,33)(H2,31,32,35)/t21-,22-,25-/m0/s1. The molecule has 2 fully saturated rings. The highest BCUT2D eigenvalue weighted by Crippen LogP contribution is 2.33. The molecule has 38 heavy (non-hydrogen) atoms. The third kappa shape index (κ3) is 12.7. The Morgan fingerprint density at radius 3 is 2.53 bits per heavy atom. The molecule has 9 nitrogen and oxygen atoms in total. The third-order valence-corrected chi connectivity index (χ3v) is 8.19. The molecule has 216 valence electrons. The van der Waals surface area contributed by atoms with E-state index in [1.165, 1.54) is 0 Å². The van der Waals surface area contributed by atoms with Crippen molar-refractivity contribution in [2.24, 2.45) is 5.92 Å². The fourth-order valence-corrected chi connectivity index (χ4v) is 5.84. The van der Waals surface area contributed by atoms with Gasteiger partial charge in [0.25, 0.3) is 0 Å². The average molecular weight is 553 g/mol. The van der Waals surface area contributed by atoms with Crippen LogP contribution >= 0.6 is 11.8 Å². The Balaban J connectivity index is 1.51. The van der Waals surface area contributed by atoms with Gasteiger partial charge in [0.05, 0.1) is 36.4 Å².